The van der Waals surface area contributed by atoms with Crippen LogP contribution in [0.3, 0.4) is 0 Å². The van der Waals surface area contributed by atoms with Crippen molar-refractivity contribution in [1.29, 1.82) is 0 Å². The van der Waals surface area contributed by atoms with Crippen molar-refractivity contribution in [3.05, 3.63) is 99.4 Å². The van der Waals surface area contributed by atoms with Crippen LogP contribution in [0, 0.1) is 6.57 Å². The van der Waals surface area contributed by atoms with Gasteiger partial charge in [0.25, 0.3) is 0 Å². The van der Waals surface area contributed by atoms with Crippen molar-refractivity contribution < 1.29 is 26.4 Å². The van der Waals surface area contributed by atoms with Gasteiger partial charge >= 0.3 is 16.2 Å². The maximum Gasteiger partial charge on any atom is 0.469 e. The Balaban J connectivity index is 1.66. The van der Waals surface area contributed by atoms with Gasteiger partial charge in [0, 0.05) is 22.3 Å². The molecular weight excluding hydrogens is 517 g/mol. The van der Waals surface area contributed by atoms with Crippen molar-refractivity contribution in [2.24, 2.45) is 0 Å². The first-order chi connectivity index (χ1) is 17.0. The number of aromatic nitrogens is 2. The third kappa shape index (κ3) is 5.50. The van der Waals surface area contributed by atoms with Crippen LogP contribution < -0.4 is 5.32 Å². The maximum absolute atomic E-state index is 12.8. The molecule has 1 amide bonds. The molecule has 1 aromatic heterocycles. The molecule has 0 unspecified atom stereocenters. The number of hydrogen-bond donors (Lipinski definition) is 1. The lowest BCUT2D eigenvalue weighted by atomic mass is 10.1. The van der Waals surface area contributed by atoms with Crippen molar-refractivity contribution in [2.75, 3.05) is 5.32 Å². The van der Waals surface area contributed by atoms with Gasteiger partial charge in [-0.25, -0.2) is 6.57 Å². The summed E-state index contributed by atoms with van der Waals surface area (Å²) in [6.07, 6.45) is -3.14. The minimum Gasteiger partial charge on any atom is -0.326 e. The van der Waals surface area contributed by atoms with Gasteiger partial charge in [0.05, 0.1) is 24.0 Å². The predicted molar refractivity (Wildman–Crippen MR) is 128 cm³/mol. The fourth-order valence-corrected chi connectivity index (χ4v) is 4.57. The SMILES string of the molecule is [C-]#[N+]S(=O)(=O)c1cc(NC(=O)Cc2ccccc2Cl)cc2nn(Cc3ccc(C(F)(F)F)cc3)cc12. The summed E-state index contributed by atoms with van der Waals surface area (Å²) in [5.74, 6) is -0.460. The van der Waals surface area contributed by atoms with Crippen molar-refractivity contribution >= 4 is 44.1 Å². The Morgan fingerprint density at radius 3 is 2.44 bits per heavy atom. The zero-order valence-corrected chi connectivity index (χ0v) is 19.8. The highest BCUT2D eigenvalue weighted by atomic mass is 35.5. The molecule has 0 aliphatic rings. The molecule has 36 heavy (non-hydrogen) atoms. The van der Waals surface area contributed by atoms with Crippen LogP contribution in [0.4, 0.5) is 18.9 Å². The van der Waals surface area contributed by atoms with Crippen LogP contribution >= 0.6 is 11.6 Å². The molecule has 4 aromatic rings. The van der Waals surface area contributed by atoms with Crippen molar-refractivity contribution in [1.82, 2.24) is 9.78 Å². The fraction of sp³-hybridized carbons (Fsp3) is 0.125. The number of hydrogen-bond acceptors (Lipinski definition) is 4. The molecule has 3 aromatic carbocycles. The minimum atomic E-state index is -4.46. The number of halogens is 4. The normalized spacial score (nSPS) is 11.9. The summed E-state index contributed by atoms with van der Waals surface area (Å²) < 4.78 is 67.4. The Bertz CT molecular complexity index is 1610. The number of fused-ring (bicyclic) bond motifs is 1. The van der Waals surface area contributed by atoms with E-state index in [1.54, 1.807) is 24.3 Å². The van der Waals surface area contributed by atoms with Crippen LogP contribution in [0.15, 0.2) is 71.8 Å². The quantitative estimate of drug-likeness (QED) is 0.330. The Morgan fingerprint density at radius 2 is 1.81 bits per heavy atom. The van der Waals surface area contributed by atoms with Gasteiger partial charge in [-0.3, -0.25) is 9.48 Å². The molecule has 0 saturated heterocycles. The number of benzene rings is 3. The molecule has 0 radical (unpaired) electrons. The number of alkyl halides is 3. The lowest BCUT2D eigenvalue weighted by molar-refractivity contribution is -0.137. The largest absolute Gasteiger partial charge is 0.469 e. The molecule has 0 aliphatic heterocycles. The van der Waals surface area contributed by atoms with Crippen LogP contribution in [-0.4, -0.2) is 24.1 Å². The van der Waals surface area contributed by atoms with E-state index in [0.29, 0.717) is 16.1 Å². The second kappa shape index (κ2) is 9.64. The molecule has 0 fully saturated rings. The highest BCUT2D eigenvalue weighted by Crippen LogP contribution is 2.31. The highest BCUT2D eigenvalue weighted by Gasteiger charge is 2.30. The van der Waals surface area contributed by atoms with E-state index in [9.17, 15) is 26.4 Å². The average molecular weight is 533 g/mol. The minimum absolute atomic E-state index is 0.0541. The zero-order valence-electron chi connectivity index (χ0n) is 18.3. The van der Waals surface area contributed by atoms with E-state index >= 15 is 0 Å². The van der Waals surface area contributed by atoms with E-state index in [-0.39, 0.29) is 34.5 Å². The van der Waals surface area contributed by atoms with Gasteiger partial charge in [-0.1, -0.05) is 41.9 Å². The molecule has 0 spiro atoms. The standard InChI is InChI=1S/C24H16ClF3N4O3S/c1-29-36(34,35)22-12-18(30-23(33)10-16-4-2-3-5-20(16)25)11-21-19(22)14-32(31-21)13-15-6-8-17(9-7-15)24(26,27)28/h2-9,11-12,14H,10,13H2,(H,30,33). The molecule has 184 valence electrons. The lowest BCUT2D eigenvalue weighted by Gasteiger charge is -2.07. The van der Waals surface area contributed by atoms with Gasteiger partial charge in [-0.15, -0.1) is 8.42 Å². The first kappa shape index (κ1) is 25.2. The summed E-state index contributed by atoms with van der Waals surface area (Å²) in [6, 6.07) is 13.9. The Labute approximate surface area is 209 Å². The second-order valence-corrected chi connectivity index (χ2v) is 9.79. The number of sulfonamides is 1. The number of carbonyl (C=O) groups excluding carboxylic acids is 1. The van der Waals surface area contributed by atoms with E-state index in [1.807, 2.05) is 0 Å². The van der Waals surface area contributed by atoms with Crippen molar-refractivity contribution in [3.63, 3.8) is 0 Å². The molecular formula is C24H16ClF3N4O3S. The molecule has 4 rings (SSSR count). The number of rotatable bonds is 6. The monoisotopic (exact) mass is 532 g/mol. The van der Waals surface area contributed by atoms with Crippen molar-refractivity contribution in [2.45, 2.75) is 24.0 Å². The molecule has 0 saturated carbocycles. The van der Waals surface area contributed by atoms with Crippen LogP contribution in [0.1, 0.15) is 16.7 Å². The summed E-state index contributed by atoms with van der Waals surface area (Å²) in [6.45, 7) is 7.13. The summed E-state index contributed by atoms with van der Waals surface area (Å²) in [7, 11) is -4.39. The summed E-state index contributed by atoms with van der Waals surface area (Å²) in [4.78, 5) is 12.2. The van der Waals surface area contributed by atoms with Gasteiger partial charge in [0.2, 0.25) is 5.91 Å². The fourth-order valence-electron chi connectivity index (χ4n) is 3.56. The smallest absolute Gasteiger partial charge is 0.326 e. The van der Waals surface area contributed by atoms with Crippen LogP contribution in [0.2, 0.25) is 5.02 Å². The van der Waals surface area contributed by atoms with E-state index < -0.39 is 27.7 Å². The van der Waals surface area contributed by atoms with Gasteiger partial charge in [0.1, 0.15) is 0 Å². The van der Waals surface area contributed by atoms with E-state index in [4.69, 9.17) is 18.2 Å². The molecule has 0 atom stereocenters. The molecule has 1 heterocycles. The Kier molecular flexibility index (Phi) is 6.75. The van der Waals surface area contributed by atoms with Crippen molar-refractivity contribution in [3.8, 4) is 0 Å². The van der Waals surface area contributed by atoms with Gasteiger partial charge < -0.3 is 5.32 Å². The second-order valence-electron chi connectivity index (χ2n) is 7.81. The van der Waals surface area contributed by atoms with Gasteiger partial charge in [-0.2, -0.15) is 22.5 Å². The van der Waals surface area contributed by atoms with Crippen LogP contribution in [0.5, 0.6) is 0 Å². The highest BCUT2D eigenvalue weighted by molar-refractivity contribution is 7.93. The summed E-state index contributed by atoms with van der Waals surface area (Å²) >= 11 is 6.09. The lowest BCUT2D eigenvalue weighted by Crippen LogP contribution is -2.15. The van der Waals surface area contributed by atoms with Crippen LogP contribution in [0.25, 0.3) is 15.2 Å². The van der Waals surface area contributed by atoms with Gasteiger partial charge in [-0.05, 0) is 41.5 Å². The van der Waals surface area contributed by atoms with Crippen LogP contribution in [-0.2, 0) is 34.0 Å². The topological polar surface area (TPSA) is 85.4 Å². The van der Waals surface area contributed by atoms with Gasteiger partial charge in [0.15, 0.2) is 4.90 Å². The third-order valence-electron chi connectivity index (χ3n) is 5.25. The number of anilines is 1. The zero-order chi connectivity index (χ0) is 26.1. The average Bonchev–Trinajstić information content (AvgIpc) is 3.21. The number of carbonyl (C=O) groups is 1. The molecule has 0 aliphatic carbocycles. The Hall–Kier alpha value is -3.88. The first-order valence-electron chi connectivity index (χ1n) is 10.3. The molecule has 12 heteroatoms. The Morgan fingerprint density at radius 1 is 1.11 bits per heavy atom. The molecule has 1 N–H and O–H groups in total. The third-order valence-corrected chi connectivity index (χ3v) is 6.75. The predicted octanol–water partition coefficient (Wildman–Crippen LogP) is 5.55. The molecule has 0 bridgehead atoms. The summed E-state index contributed by atoms with van der Waals surface area (Å²) in [5.41, 5.74) is 0.576. The number of nitrogens with one attached hydrogen (secondary N) is 1. The van der Waals surface area contributed by atoms with E-state index in [0.717, 1.165) is 12.1 Å². The summed E-state index contributed by atoms with van der Waals surface area (Å²) in [5, 5.41) is 7.46. The number of amides is 1. The molecule has 7 nitrogen and oxygen atoms in total. The number of nitrogens with zero attached hydrogens (tertiary/aromatic N) is 3. The van der Waals surface area contributed by atoms with E-state index in [2.05, 4.69) is 14.7 Å². The first-order valence-corrected chi connectivity index (χ1v) is 12.1. The maximum atomic E-state index is 12.8. The van der Waals surface area contributed by atoms with E-state index in [1.165, 1.54) is 35.1 Å².